The van der Waals surface area contributed by atoms with Crippen LogP contribution in [0.4, 0.5) is 0 Å². The topological polar surface area (TPSA) is 17.1 Å². The summed E-state index contributed by atoms with van der Waals surface area (Å²) in [7, 11) is 0. The third kappa shape index (κ3) is 2.07. The molecular formula is C8H7OS+. The molecule has 0 unspecified atom stereocenters. The van der Waals surface area contributed by atoms with Crippen molar-refractivity contribution in [2.75, 3.05) is 0 Å². The van der Waals surface area contributed by atoms with Gasteiger partial charge in [-0.3, -0.25) is 0 Å². The predicted molar refractivity (Wildman–Crippen MR) is 43.5 cm³/mol. The van der Waals surface area contributed by atoms with Gasteiger partial charge >= 0.3 is 11.7 Å². The van der Waals surface area contributed by atoms with Crippen molar-refractivity contribution in [2.45, 2.75) is 0 Å². The van der Waals surface area contributed by atoms with E-state index in [0.29, 0.717) is 11.7 Å². The van der Waals surface area contributed by atoms with E-state index in [0.717, 1.165) is 5.56 Å². The Morgan fingerprint density at radius 1 is 1.20 bits per heavy atom. The fraction of sp³-hybridized carbons (Fsp3) is 0. The molecule has 0 heterocycles. The van der Waals surface area contributed by atoms with Gasteiger partial charge in [0.15, 0.2) is 0 Å². The lowest BCUT2D eigenvalue weighted by Crippen LogP contribution is -1.66. The molecular weight excluding hydrogens is 144 g/mol. The summed E-state index contributed by atoms with van der Waals surface area (Å²) in [5.41, 5.74) is 1.06. The quantitative estimate of drug-likeness (QED) is 0.591. The van der Waals surface area contributed by atoms with Crippen LogP contribution in [0.5, 0.6) is 0 Å². The average Bonchev–Trinajstić information content (AvgIpc) is 2.03. The first-order chi connectivity index (χ1) is 4.93. The summed E-state index contributed by atoms with van der Waals surface area (Å²) in [6.07, 6.45) is 1.79. The van der Waals surface area contributed by atoms with Gasteiger partial charge in [0.05, 0.1) is 0 Å². The maximum atomic E-state index is 9.93. The fourth-order valence-electron chi connectivity index (χ4n) is 0.670. The molecule has 0 bridgehead atoms. The van der Waals surface area contributed by atoms with Crippen molar-refractivity contribution in [2.24, 2.45) is 0 Å². The number of rotatable bonds is 2. The Morgan fingerprint density at radius 2 is 1.90 bits per heavy atom. The molecule has 0 aromatic heterocycles. The lowest BCUT2D eigenvalue weighted by atomic mass is 10.2. The molecule has 1 aromatic carbocycles. The third-order valence-corrected chi connectivity index (χ3v) is 1.36. The summed E-state index contributed by atoms with van der Waals surface area (Å²) in [5, 5.41) is 1.52. The van der Waals surface area contributed by atoms with Crippen LogP contribution in [0.15, 0.2) is 35.7 Å². The van der Waals surface area contributed by atoms with Crippen LogP contribution in [0.25, 0.3) is 6.08 Å². The van der Waals surface area contributed by atoms with Gasteiger partial charge in [0.25, 0.3) is 5.41 Å². The molecule has 0 amide bonds. The Balaban J connectivity index is 2.76. The Kier molecular flexibility index (Phi) is 2.77. The maximum absolute atomic E-state index is 9.93. The second kappa shape index (κ2) is 3.90. The largest absolute Gasteiger partial charge is 0.496 e. The van der Waals surface area contributed by atoms with Crippen LogP contribution in [0.3, 0.4) is 0 Å². The highest BCUT2D eigenvalue weighted by atomic mass is 32.1. The summed E-state index contributed by atoms with van der Waals surface area (Å²) < 4.78 is 9.93. The lowest BCUT2D eigenvalue weighted by Gasteiger charge is -1.84. The molecule has 10 heavy (non-hydrogen) atoms. The second-order valence-electron chi connectivity index (χ2n) is 1.81. The SMILES string of the molecule is O=[S+]C=Cc1ccccc1. The highest BCUT2D eigenvalue weighted by Crippen LogP contribution is 1.99. The van der Waals surface area contributed by atoms with Crippen molar-refractivity contribution in [3.8, 4) is 0 Å². The Bertz CT molecular complexity index is 228. The summed E-state index contributed by atoms with van der Waals surface area (Å²) in [4.78, 5) is 0. The van der Waals surface area contributed by atoms with Gasteiger partial charge < -0.3 is 0 Å². The number of hydrogen-bond acceptors (Lipinski definition) is 1. The van der Waals surface area contributed by atoms with E-state index in [-0.39, 0.29) is 0 Å². The Hall–Kier alpha value is -1.02. The zero-order chi connectivity index (χ0) is 7.23. The first-order valence-corrected chi connectivity index (χ1v) is 3.74. The molecule has 2 heteroatoms. The van der Waals surface area contributed by atoms with E-state index < -0.39 is 0 Å². The number of hydrogen-bond donors (Lipinski definition) is 0. The Labute approximate surface area is 63.9 Å². The molecule has 50 valence electrons. The second-order valence-corrected chi connectivity index (χ2v) is 2.27. The van der Waals surface area contributed by atoms with Gasteiger partial charge in [-0.2, -0.15) is 0 Å². The van der Waals surface area contributed by atoms with Gasteiger partial charge in [0.2, 0.25) is 0 Å². The van der Waals surface area contributed by atoms with E-state index in [2.05, 4.69) is 0 Å². The first kappa shape index (κ1) is 7.09. The van der Waals surface area contributed by atoms with Crippen LogP contribution in [-0.2, 0) is 15.9 Å². The molecule has 0 saturated carbocycles. The van der Waals surface area contributed by atoms with Crippen molar-refractivity contribution in [3.05, 3.63) is 41.3 Å². The van der Waals surface area contributed by atoms with Gasteiger partial charge in [-0.15, -0.1) is 0 Å². The van der Waals surface area contributed by atoms with Gasteiger partial charge in [-0.1, -0.05) is 30.3 Å². The van der Waals surface area contributed by atoms with E-state index in [1.54, 1.807) is 6.08 Å². The van der Waals surface area contributed by atoms with E-state index in [9.17, 15) is 4.21 Å². The van der Waals surface area contributed by atoms with Gasteiger partial charge in [0.1, 0.15) is 0 Å². The number of benzene rings is 1. The van der Waals surface area contributed by atoms with Crippen molar-refractivity contribution < 1.29 is 4.21 Å². The highest BCUT2D eigenvalue weighted by Gasteiger charge is 1.86. The molecule has 0 aliphatic heterocycles. The predicted octanol–water partition coefficient (Wildman–Crippen LogP) is 2.09. The van der Waals surface area contributed by atoms with Crippen LogP contribution in [0.2, 0.25) is 0 Å². The van der Waals surface area contributed by atoms with E-state index in [4.69, 9.17) is 0 Å². The molecule has 0 saturated heterocycles. The molecule has 0 aliphatic carbocycles. The maximum Gasteiger partial charge on any atom is 0.496 e. The lowest BCUT2D eigenvalue weighted by molar-refractivity contribution is 0.608. The fourth-order valence-corrected chi connectivity index (χ4v) is 0.883. The minimum absolute atomic E-state index is 0.466. The van der Waals surface area contributed by atoms with E-state index in [1.807, 2.05) is 30.3 Å². The summed E-state index contributed by atoms with van der Waals surface area (Å²) in [6.45, 7) is 0. The van der Waals surface area contributed by atoms with Crippen LogP contribution < -0.4 is 0 Å². The minimum atomic E-state index is 0.466. The van der Waals surface area contributed by atoms with Crippen molar-refractivity contribution in [1.82, 2.24) is 0 Å². The molecule has 0 radical (unpaired) electrons. The van der Waals surface area contributed by atoms with Crippen LogP contribution in [0.1, 0.15) is 5.56 Å². The van der Waals surface area contributed by atoms with Gasteiger partial charge in [0, 0.05) is 10.3 Å². The highest BCUT2D eigenvalue weighted by molar-refractivity contribution is 7.69. The minimum Gasteiger partial charge on any atom is -0.0622 e. The summed E-state index contributed by atoms with van der Waals surface area (Å²) in [5.74, 6) is 0. The molecule has 0 aliphatic rings. The third-order valence-electron chi connectivity index (χ3n) is 1.12. The zero-order valence-electron chi connectivity index (χ0n) is 5.36. The van der Waals surface area contributed by atoms with Crippen molar-refractivity contribution in [3.63, 3.8) is 0 Å². The first-order valence-electron chi connectivity index (χ1n) is 2.94. The average molecular weight is 151 g/mol. The van der Waals surface area contributed by atoms with Gasteiger partial charge in [-0.05, 0) is 5.56 Å². The molecule has 0 fully saturated rings. The molecule has 1 nitrogen and oxygen atoms in total. The molecule has 1 aromatic rings. The van der Waals surface area contributed by atoms with Crippen LogP contribution >= 0.6 is 0 Å². The smallest absolute Gasteiger partial charge is 0.0622 e. The standard InChI is InChI=1S/C8H7OS/c9-10-7-6-8-4-2-1-3-5-8/h1-7H/q+1. The van der Waals surface area contributed by atoms with Crippen LogP contribution in [0, 0.1) is 0 Å². The van der Waals surface area contributed by atoms with E-state index in [1.165, 1.54) is 5.41 Å². The Morgan fingerprint density at radius 3 is 2.50 bits per heavy atom. The van der Waals surface area contributed by atoms with Crippen LogP contribution in [-0.4, -0.2) is 0 Å². The summed E-state index contributed by atoms with van der Waals surface area (Å²) >= 11 is 0.466. The summed E-state index contributed by atoms with van der Waals surface area (Å²) in [6, 6.07) is 9.73. The molecule has 1 rings (SSSR count). The molecule has 0 N–H and O–H groups in total. The normalized spacial score (nSPS) is 10.0. The van der Waals surface area contributed by atoms with Gasteiger partial charge in [-0.25, -0.2) is 0 Å². The molecule has 0 spiro atoms. The van der Waals surface area contributed by atoms with E-state index >= 15 is 0 Å². The zero-order valence-corrected chi connectivity index (χ0v) is 6.17. The monoisotopic (exact) mass is 151 g/mol. The van der Waals surface area contributed by atoms with Crippen molar-refractivity contribution >= 4 is 17.7 Å². The van der Waals surface area contributed by atoms with Crippen molar-refractivity contribution in [1.29, 1.82) is 0 Å². The molecule has 0 atom stereocenters.